The monoisotopic (exact) mass is 280 g/mol. The predicted molar refractivity (Wildman–Crippen MR) is 74.2 cm³/mol. The number of methoxy groups -OCH3 is 2. The minimum Gasteiger partial charge on any atom is -0.496 e. The molecule has 2 rings (SSSR count). The summed E-state index contributed by atoms with van der Waals surface area (Å²) in [5.41, 5.74) is 6.14. The van der Waals surface area contributed by atoms with E-state index in [0.29, 0.717) is 43.4 Å². The molecule has 1 unspecified atom stereocenters. The molecule has 1 atom stereocenters. The summed E-state index contributed by atoms with van der Waals surface area (Å²) in [5, 5.41) is 0. The Hall–Kier alpha value is -1.79. The van der Waals surface area contributed by atoms with Crippen molar-refractivity contribution in [3.8, 4) is 11.5 Å². The first kappa shape index (κ1) is 14.6. The van der Waals surface area contributed by atoms with Crippen LogP contribution in [0.25, 0.3) is 0 Å². The van der Waals surface area contributed by atoms with Crippen LogP contribution in [0.3, 0.4) is 0 Å². The van der Waals surface area contributed by atoms with Crippen LogP contribution in [0, 0.1) is 0 Å². The highest BCUT2D eigenvalue weighted by Gasteiger charge is 2.30. The summed E-state index contributed by atoms with van der Waals surface area (Å²) in [7, 11) is 3.07. The van der Waals surface area contributed by atoms with E-state index in [2.05, 4.69) is 0 Å². The number of morpholine rings is 1. The Morgan fingerprint density at radius 1 is 1.40 bits per heavy atom. The van der Waals surface area contributed by atoms with Crippen molar-refractivity contribution in [2.45, 2.75) is 6.04 Å². The molecule has 1 aromatic rings. The van der Waals surface area contributed by atoms with Crippen molar-refractivity contribution in [3.05, 3.63) is 23.8 Å². The standard InChI is InChI=1S/C14H20N2O4/c1-18-11-4-3-5-12(19-2)13(11)14(17)16-6-7-20-9-10(16)8-15/h3-5,10H,6-9,15H2,1-2H3. The zero-order chi connectivity index (χ0) is 14.5. The maximum Gasteiger partial charge on any atom is 0.261 e. The van der Waals surface area contributed by atoms with Gasteiger partial charge in [0.25, 0.3) is 5.91 Å². The van der Waals surface area contributed by atoms with Gasteiger partial charge in [0.1, 0.15) is 17.1 Å². The first-order valence-electron chi connectivity index (χ1n) is 6.52. The molecule has 6 heteroatoms. The van der Waals surface area contributed by atoms with Crippen molar-refractivity contribution in [3.63, 3.8) is 0 Å². The fourth-order valence-electron chi connectivity index (χ4n) is 2.32. The molecule has 0 spiro atoms. The van der Waals surface area contributed by atoms with Crippen molar-refractivity contribution in [2.75, 3.05) is 40.5 Å². The number of nitrogens with zero attached hydrogens (tertiary/aromatic N) is 1. The number of ether oxygens (including phenoxy) is 3. The van der Waals surface area contributed by atoms with Gasteiger partial charge in [-0.3, -0.25) is 4.79 Å². The Morgan fingerprint density at radius 3 is 2.60 bits per heavy atom. The summed E-state index contributed by atoms with van der Waals surface area (Å²) in [5.74, 6) is 0.853. The quantitative estimate of drug-likeness (QED) is 0.869. The van der Waals surface area contributed by atoms with Crippen LogP contribution in [-0.2, 0) is 4.74 Å². The van der Waals surface area contributed by atoms with E-state index in [4.69, 9.17) is 19.9 Å². The van der Waals surface area contributed by atoms with Crippen LogP contribution in [0.4, 0.5) is 0 Å². The average molecular weight is 280 g/mol. The Kier molecular flexibility index (Phi) is 4.81. The van der Waals surface area contributed by atoms with E-state index in [1.165, 1.54) is 14.2 Å². The molecule has 1 saturated heterocycles. The lowest BCUT2D eigenvalue weighted by atomic mass is 10.1. The van der Waals surface area contributed by atoms with Gasteiger partial charge >= 0.3 is 0 Å². The third-order valence-corrected chi connectivity index (χ3v) is 3.40. The van der Waals surface area contributed by atoms with E-state index >= 15 is 0 Å². The van der Waals surface area contributed by atoms with Gasteiger partial charge in [0.2, 0.25) is 0 Å². The second-order valence-corrected chi connectivity index (χ2v) is 4.50. The maximum absolute atomic E-state index is 12.8. The van der Waals surface area contributed by atoms with E-state index < -0.39 is 0 Å². The summed E-state index contributed by atoms with van der Waals surface area (Å²) in [6, 6.07) is 5.15. The molecule has 0 aromatic heterocycles. The van der Waals surface area contributed by atoms with E-state index in [1.807, 2.05) is 0 Å². The predicted octanol–water partition coefficient (Wildman–Crippen LogP) is 0.503. The van der Waals surface area contributed by atoms with Gasteiger partial charge in [-0.1, -0.05) is 6.07 Å². The summed E-state index contributed by atoms with van der Waals surface area (Å²) in [6.45, 7) is 1.85. The van der Waals surface area contributed by atoms with Crippen molar-refractivity contribution < 1.29 is 19.0 Å². The number of hydrogen-bond donors (Lipinski definition) is 1. The fourth-order valence-corrected chi connectivity index (χ4v) is 2.32. The number of nitrogens with two attached hydrogens (primary N) is 1. The molecule has 1 amide bonds. The maximum atomic E-state index is 12.8. The SMILES string of the molecule is COc1cccc(OC)c1C(=O)N1CCOCC1CN. The lowest BCUT2D eigenvalue weighted by Gasteiger charge is -2.35. The molecule has 2 N–H and O–H groups in total. The normalized spacial score (nSPS) is 18.8. The van der Waals surface area contributed by atoms with Crippen molar-refractivity contribution in [1.82, 2.24) is 4.90 Å². The molecular formula is C14H20N2O4. The molecule has 1 heterocycles. The van der Waals surface area contributed by atoms with E-state index in [-0.39, 0.29) is 11.9 Å². The Bertz CT molecular complexity index is 456. The van der Waals surface area contributed by atoms with Crippen LogP contribution in [0.5, 0.6) is 11.5 Å². The highest BCUT2D eigenvalue weighted by Crippen LogP contribution is 2.30. The third-order valence-electron chi connectivity index (χ3n) is 3.40. The molecule has 0 bridgehead atoms. The summed E-state index contributed by atoms with van der Waals surface area (Å²) >= 11 is 0. The molecule has 20 heavy (non-hydrogen) atoms. The topological polar surface area (TPSA) is 74.0 Å². The molecule has 0 saturated carbocycles. The van der Waals surface area contributed by atoms with Crippen molar-refractivity contribution in [2.24, 2.45) is 5.73 Å². The molecule has 1 aliphatic rings. The Morgan fingerprint density at radius 2 is 2.05 bits per heavy atom. The van der Waals surface area contributed by atoms with Crippen LogP contribution in [-0.4, -0.2) is 57.4 Å². The van der Waals surface area contributed by atoms with Gasteiger partial charge in [-0.25, -0.2) is 0 Å². The number of rotatable bonds is 4. The third kappa shape index (κ3) is 2.71. The van der Waals surface area contributed by atoms with Gasteiger partial charge in [0.05, 0.1) is 33.5 Å². The lowest BCUT2D eigenvalue weighted by molar-refractivity contribution is 0.000534. The summed E-state index contributed by atoms with van der Waals surface area (Å²) < 4.78 is 15.9. The number of benzene rings is 1. The molecular weight excluding hydrogens is 260 g/mol. The minimum atomic E-state index is -0.141. The van der Waals surface area contributed by atoms with Crippen LogP contribution >= 0.6 is 0 Å². The van der Waals surface area contributed by atoms with Gasteiger partial charge < -0.3 is 24.8 Å². The highest BCUT2D eigenvalue weighted by molar-refractivity contribution is 6.00. The lowest BCUT2D eigenvalue weighted by Crippen LogP contribution is -2.52. The summed E-state index contributed by atoms with van der Waals surface area (Å²) in [4.78, 5) is 14.5. The van der Waals surface area contributed by atoms with Gasteiger partial charge in [0.15, 0.2) is 0 Å². The minimum absolute atomic E-state index is 0.120. The zero-order valence-electron chi connectivity index (χ0n) is 11.8. The van der Waals surface area contributed by atoms with Gasteiger partial charge in [0, 0.05) is 13.1 Å². The van der Waals surface area contributed by atoms with Crippen LogP contribution in [0.15, 0.2) is 18.2 Å². The summed E-state index contributed by atoms with van der Waals surface area (Å²) in [6.07, 6.45) is 0. The first-order chi connectivity index (χ1) is 9.72. The molecule has 0 radical (unpaired) electrons. The molecule has 0 aliphatic carbocycles. The van der Waals surface area contributed by atoms with Gasteiger partial charge in [-0.2, -0.15) is 0 Å². The molecule has 6 nitrogen and oxygen atoms in total. The van der Waals surface area contributed by atoms with Crippen LogP contribution in [0.2, 0.25) is 0 Å². The second kappa shape index (κ2) is 6.58. The number of carbonyl (C=O) groups excluding carboxylic acids is 1. The van der Waals surface area contributed by atoms with E-state index in [9.17, 15) is 4.79 Å². The molecule has 110 valence electrons. The van der Waals surface area contributed by atoms with Crippen molar-refractivity contribution in [1.29, 1.82) is 0 Å². The van der Waals surface area contributed by atoms with Crippen LogP contribution in [0.1, 0.15) is 10.4 Å². The second-order valence-electron chi connectivity index (χ2n) is 4.50. The van der Waals surface area contributed by atoms with E-state index in [1.54, 1.807) is 23.1 Å². The van der Waals surface area contributed by atoms with E-state index in [0.717, 1.165) is 0 Å². The highest BCUT2D eigenvalue weighted by atomic mass is 16.5. The zero-order valence-corrected chi connectivity index (χ0v) is 11.8. The largest absolute Gasteiger partial charge is 0.496 e. The number of carbonyl (C=O) groups is 1. The Labute approximate surface area is 118 Å². The average Bonchev–Trinajstić information content (AvgIpc) is 2.53. The smallest absolute Gasteiger partial charge is 0.261 e. The molecule has 1 aromatic carbocycles. The first-order valence-corrected chi connectivity index (χ1v) is 6.52. The van der Waals surface area contributed by atoms with Gasteiger partial charge in [-0.15, -0.1) is 0 Å². The molecule has 1 aliphatic heterocycles. The molecule has 1 fully saturated rings. The fraction of sp³-hybridized carbons (Fsp3) is 0.500. The number of hydrogen-bond acceptors (Lipinski definition) is 5. The van der Waals surface area contributed by atoms with Crippen molar-refractivity contribution >= 4 is 5.91 Å². The Balaban J connectivity index is 2.36. The van der Waals surface area contributed by atoms with Crippen LogP contribution < -0.4 is 15.2 Å². The number of amides is 1. The van der Waals surface area contributed by atoms with Gasteiger partial charge in [-0.05, 0) is 12.1 Å².